The molecule has 0 radical (unpaired) electrons. The predicted octanol–water partition coefficient (Wildman–Crippen LogP) is 4.37. The highest BCUT2D eigenvalue weighted by Gasteiger charge is 2.19. The van der Waals surface area contributed by atoms with Gasteiger partial charge in [-0.1, -0.05) is 23.7 Å². The zero-order valence-electron chi connectivity index (χ0n) is 16.9. The minimum atomic E-state index is -0.300. The summed E-state index contributed by atoms with van der Waals surface area (Å²) >= 11 is 6.19. The summed E-state index contributed by atoms with van der Waals surface area (Å²) < 4.78 is 13.2. The van der Waals surface area contributed by atoms with Gasteiger partial charge in [0.2, 0.25) is 5.91 Å². The zero-order chi connectivity index (χ0) is 20.9. The Kier molecular flexibility index (Phi) is 6.65. The lowest BCUT2D eigenvalue weighted by Gasteiger charge is -2.36. The van der Waals surface area contributed by atoms with Crippen molar-refractivity contribution < 1.29 is 9.18 Å². The molecule has 0 unspecified atom stereocenters. The first kappa shape index (κ1) is 20.8. The van der Waals surface area contributed by atoms with Crippen LogP contribution in [0.5, 0.6) is 0 Å². The number of piperazine rings is 1. The normalized spacial score (nSPS) is 17.3. The number of aromatic nitrogens is 1. The summed E-state index contributed by atoms with van der Waals surface area (Å²) in [6.45, 7) is 4.79. The molecule has 0 aliphatic carbocycles. The zero-order valence-corrected chi connectivity index (χ0v) is 17.7. The number of halogens is 2. The Balaban J connectivity index is 1.19. The van der Waals surface area contributed by atoms with Crippen LogP contribution in [0.25, 0.3) is 6.08 Å². The van der Waals surface area contributed by atoms with E-state index in [9.17, 15) is 9.18 Å². The van der Waals surface area contributed by atoms with Crippen LogP contribution in [0.1, 0.15) is 30.5 Å². The first-order valence-corrected chi connectivity index (χ1v) is 10.8. The molecule has 1 saturated heterocycles. The molecule has 1 amide bonds. The van der Waals surface area contributed by atoms with Crippen LogP contribution in [-0.4, -0.2) is 48.5 Å². The molecule has 4 rings (SSSR count). The number of benzene rings is 1. The summed E-state index contributed by atoms with van der Waals surface area (Å²) in [5, 5.41) is 3.32. The van der Waals surface area contributed by atoms with Crippen LogP contribution in [0.3, 0.4) is 0 Å². The lowest BCUT2D eigenvalue weighted by atomic mass is 10.1. The van der Waals surface area contributed by atoms with E-state index < -0.39 is 0 Å². The van der Waals surface area contributed by atoms with Crippen molar-refractivity contribution in [2.75, 3.05) is 42.9 Å². The fourth-order valence-corrected chi connectivity index (χ4v) is 4.22. The van der Waals surface area contributed by atoms with Crippen molar-refractivity contribution in [3.05, 3.63) is 58.5 Å². The lowest BCUT2D eigenvalue weighted by Crippen LogP contribution is -2.46. The van der Waals surface area contributed by atoms with Crippen LogP contribution < -0.4 is 10.2 Å². The minimum Gasteiger partial charge on any atom is -0.368 e. The van der Waals surface area contributed by atoms with Gasteiger partial charge in [0.1, 0.15) is 11.6 Å². The maximum Gasteiger partial charge on any atom is 0.225 e. The molecule has 7 heteroatoms. The quantitative estimate of drug-likeness (QED) is 0.694. The third-order valence-corrected chi connectivity index (χ3v) is 5.94. The Bertz CT molecular complexity index is 941. The molecule has 5 nitrogen and oxygen atoms in total. The van der Waals surface area contributed by atoms with Crippen molar-refractivity contribution in [3.63, 3.8) is 0 Å². The monoisotopic (exact) mass is 428 g/mol. The van der Waals surface area contributed by atoms with Gasteiger partial charge in [0.05, 0.1) is 16.4 Å². The van der Waals surface area contributed by atoms with E-state index in [-0.39, 0.29) is 11.7 Å². The van der Waals surface area contributed by atoms with E-state index in [0.29, 0.717) is 17.3 Å². The first-order valence-electron chi connectivity index (χ1n) is 10.5. The number of hydrogen-bond donors (Lipinski definition) is 1. The minimum absolute atomic E-state index is 0.0397. The average Bonchev–Trinajstić information content (AvgIpc) is 2.74. The van der Waals surface area contributed by atoms with Gasteiger partial charge in [-0.25, -0.2) is 9.37 Å². The second-order valence-corrected chi connectivity index (χ2v) is 8.17. The van der Waals surface area contributed by atoms with Crippen molar-refractivity contribution in [1.29, 1.82) is 0 Å². The summed E-state index contributed by atoms with van der Waals surface area (Å²) in [4.78, 5) is 20.7. The Labute approximate surface area is 181 Å². The van der Waals surface area contributed by atoms with E-state index in [4.69, 9.17) is 11.6 Å². The number of rotatable bonds is 6. The van der Waals surface area contributed by atoms with Crippen LogP contribution in [-0.2, 0) is 11.2 Å². The van der Waals surface area contributed by atoms with Crippen LogP contribution in [0.4, 0.5) is 15.9 Å². The smallest absolute Gasteiger partial charge is 0.225 e. The van der Waals surface area contributed by atoms with E-state index in [1.54, 1.807) is 6.07 Å². The van der Waals surface area contributed by atoms with Crippen LogP contribution in [0.2, 0.25) is 5.02 Å². The van der Waals surface area contributed by atoms with Crippen molar-refractivity contribution in [2.24, 2.45) is 0 Å². The van der Waals surface area contributed by atoms with Gasteiger partial charge in [-0.05, 0) is 61.7 Å². The fourth-order valence-electron chi connectivity index (χ4n) is 3.94. The molecule has 1 N–H and O–H groups in total. The third-order valence-electron chi connectivity index (χ3n) is 5.64. The number of carbonyl (C=O) groups excluding carboxylic acids is 1. The summed E-state index contributed by atoms with van der Waals surface area (Å²) in [6.07, 6.45) is 7.53. The van der Waals surface area contributed by atoms with Crippen LogP contribution in [0.15, 0.2) is 36.4 Å². The largest absolute Gasteiger partial charge is 0.368 e. The number of amides is 1. The molecule has 2 aliphatic rings. The summed E-state index contributed by atoms with van der Waals surface area (Å²) in [6, 6.07) is 8.66. The first-order chi connectivity index (χ1) is 14.6. The summed E-state index contributed by atoms with van der Waals surface area (Å²) in [5.41, 5.74) is 2.89. The number of nitrogens with one attached hydrogen (secondary N) is 1. The molecule has 1 aromatic heterocycles. The number of pyridine rings is 1. The molecule has 1 fully saturated rings. The lowest BCUT2D eigenvalue weighted by molar-refractivity contribution is -0.116. The number of fused-ring (bicyclic) bond motifs is 1. The topological polar surface area (TPSA) is 48.5 Å². The molecule has 0 spiro atoms. The maximum atomic E-state index is 13.2. The standard InChI is InChI=1S/C23H26ClFN4O/c24-20-16-18(25)7-9-21(20)29-14-12-28(13-15-29)11-3-1-2-4-19-8-5-17-6-10-22(30)27-23(17)26-19/h2,4-5,7-9,16H,1,3,6,10-15H2,(H,26,27,30). The molecule has 3 heterocycles. The van der Waals surface area contributed by atoms with Gasteiger partial charge >= 0.3 is 0 Å². The summed E-state index contributed by atoms with van der Waals surface area (Å²) in [5.74, 6) is 0.441. The number of allylic oxidation sites excluding steroid dienone is 1. The number of aryl methyl sites for hydroxylation is 1. The number of anilines is 2. The van der Waals surface area contributed by atoms with Gasteiger partial charge in [0, 0.05) is 32.6 Å². The van der Waals surface area contributed by atoms with Crippen LogP contribution >= 0.6 is 11.6 Å². The summed E-state index contributed by atoms with van der Waals surface area (Å²) in [7, 11) is 0. The Morgan fingerprint density at radius 3 is 2.77 bits per heavy atom. The Morgan fingerprint density at radius 1 is 1.13 bits per heavy atom. The third kappa shape index (κ3) is 5.18. The second kappa shape index (κ2) is 9.58. The molecule has 1 aromatic carbocycles. The van der Waals surface area contributed by atoms with Crippen molar-refractivity contribution in [2.45, 2.75) is 25.7 Å². The van der Waals surface area contributed by atoms with E-state index in [1.165, 1.54) is 12.1 Å². The Morgan fingerprint density at radius 2 is 1.97 bits per heavy atom. The van der Waals surface area contributed by atoms with Gasteiger partial charge in [-0.3, -0.25) is 9.69 Å². The highest BCUT2D eigenvalue weighted by atomic mass is 35.5. The fraction of sp³-hybridized carbons (Fsp3) is 0.391. The van der Waals surface area contributed by atoms with Gasteiger partial charge in [-0.2, -0.15) is 0 Å². The average molecular weight is 429 g/mol. The molecule has 0 atom stereocenters. The van der Waals surface area contributed by atoms with E-state index in [0.717, 1.165) is 68.9 Å². The second-order valence-electron chi connectivity index (χ2n) is 7.76. The SMILES string of the molecule is O=C1CCc2ccc(C=CCCCN3CCN(c4ccc(F)cc4Cl)CC3)nc2N1. The van der Waals surface area contributed by atoms with Crippen molar-refractivity contribution in [3.8, 4) is 0 Å². The maximum absolute atomic E-state index is 13.2. The van der Waals surface area contributed by atoms with E-state index >= 15 is 0 Å². The van der Waals surface area contributed by atoms with Gasteiger partial charge < -0.3 is 10.2 Å². The molecular formula is C23H26ClFN4O. The number of carbonyl (C=O) groups is 1. The van der Waals surface area contributed by atoms with Crippen molar-refractivity contribution >= 4 is 35.1 Å². The number of nitrogens with zero attached hydrogens (tertiary/aromatic N) is 3. The number of unbranched alkanes of at least 4 members (excludes halogenated alkanes) is 1. The highest BCUT2D eigenvalue weighted by molar-refractivity contribution is 6.33. The van der Waals surface area contributed by atoms with E-state index in [2.05, 4.69) is 26.2 Å². The molecular weight excluding hydrogens is 403 g/mol. The highest BCUT2D eigenvalue weighted by Crippen LogP contribution is 2.27. The van der Waals surface area contributed by atoms with Gasteiger partial charge in [0.25, 0.3) is 0 Å². The molecule has 2 aromatic rings. The van der Waals surface area contributed by atoms with Gasteiger partial charge in [-0.15, -0.1) is 0 Å². The molecule has 0 saturated carbocycles. The van der Waals surface area contributed by atoms with E-state index in [1.807, 2.05) is 18.2 Å². The number of hydrogen-bond acceptors (Lipinski definition) is 4. The molecule has 2 aliphatic heterocycles. The van der Waals surface area contributed by atoms with Gasteiger partial charge in [0.15, 0.2) is 0 Å². The molecule has 158 valence electrons. The predicted molar refractivity (Wildman–Crippen MR) is 120 cm³/mol. The molecule has 30 heavy (non-hydrogen) atoms. The van der Waals surface area contributed by atoms with Crippen molar-refractivity contribution in [1.82, 2.24) is 9.88 Å². The Hall–Kier alpha value is -2.44. The molecule has 0 bridgehead atoms. The van der Waals surface area contributed by atoms with Crippen LogP contribution in [0, 0.1) is 5.82 Å².